The second-order valence-electron chi connectivity index (χ2n) is 4.04. The first kappa shape index (κ1) is 12.7. The van der Waals surface area contributed by atoms with Crippen molar-refractivity contribution in [1.82, 2.24) is 5.32 Å². The first-order chi connectivity index (χ1) is 9.22. The number of anilines is 1. The third-order valence-corrected chi connectivity index (χ3v) is 2.78. The van der Waals surface area contributed by atoms with Gasteiger partial charge in [0.1, 0.15) is 0 Å². The minimum Gasteiger partial charge on any atom is -0.383 e. The number of nitrogens with two attached hydrogens (primary N) is 1. The van der Waals surface area contributed by atoms with Gasteiger partial charge in [0.25, 0.3) is 0 Å². The highest BCUT2D eigenvalue weighted by Crippen LogP contribution is 2.25. The maximum Gasteiger partial charge on any atom is 0.312 e. The molecule has 0 aliphatic heterocycles. The Morgan fingerprint density at radius 3 is 2.58 bits per heavy atom. The molecule has 0 bridgehead atoms. The SMILES string of the molecule is N#Cc1ccc(NCCNC(N)=O)c2ccccc12. The smallest absolute Gasteiger partial charge is 0.312 e. The van der Waals surface area contributed by atoms with Crippen LogP contribution in [0.25, 0.3) is 10.8 Å². The lowest BCUT2D eigenvalue weighted by atomic mass is 10.0. The Hall–Kier alpha value is -2.74. The van der Waals surface area contributed by atoms with Gasteiger partial charge in [-0.2, -0.15) is 5.26 Å². The average Bonchev–Trinajstić information content (AvgIpc) is 2.43. The summed E-state index contributed by atoms with van der Waals surface area (Å²) in [6, 6.07) is 13.0. The Balaban J connectivity index is 2.20. The predicted molar refractivity (Wildman–Crippen MR) is 74.7 cm³/mol. The summed E-state index contributed by atoms with van der Waals surface area (Å²) in [5, 5.41) is 16.7. The van der Waals surface area contributed by atoms with Gasteiger partial charge < -0.3 is 16.4 Å². The second-order valence-corrected chi connectivity index (χ2v) is 4.04. The van der Waals surface area contributed by atoms with Crippen LogP contribution in [0.1, 0.15) is 5.56 Å². The minimum atomic E-state index is -0.536. The maximum atomic E-state index is 10.6. The zero-order valence-corrected chi connectivity index (χ0v) is 10.3. The molecule has 5 heteroatoms. The molecule has 0 atom stereocenters. The van der Waals surface area contributed by atoms with Crippen molar-refractivity contribution in [1.29, 1.82) is 5.26 Å². The fourth-order valence-electron chi connectivity index (χ4n) is 1.93. The summed E-state index contributed by atoms with van der Waals surface area (Å²) in [7, 11) is 0. The van der Waals surface area contributed by atoms with Crippen molar-refractivity contribution in [2.24, 2.45) is 5.73 Å². The number of fused-ring (bicyclic) bond motifs is 1. The molecule has 0 heterocycles. The van der Waals surface area contributed by atoms with Gasteiger partial charge in [0.05, 0.1) is 11.6 Å². The molecule has 4 N–H and O–H groups in total. The molecule has 0 fully saturated rings. The highest BCUT2D eigenvalue weighted by Gasteiger charge is 2.04. The van der Waals surface area contributed by atoms with E-state index in [1.54, 1.807) is 6.07 Å². The fourth-order valence-corrected chi connectivity index (χ4v) is 1.93. The van der Waals surface area contributed by atoms with E-state index in [1.165, 1.54) is 0 Å². The zero-order valence-electron chi connectivity index (χ0n) is 10.3. The Morgan fingerprint density at radius 1 is 1.16 bits per heavy atom. The Bertz CT molecular complexity index is 645. The second kappa shape index (κ2) is 5.74. The van der Waals surface area contributed by atoms with E-state index in [0.29, 0.717) is 18.7 Å². The fraction of sp³-hybridized carbons (Fsp3) is 0.143. The van der Waals surface area contributed by atoms with E-state index in [1.807, 2.05) is 30.3 Å². The molecular formula is C14H14N4O. The molecule has 0 aliphatic carbocycles. The molecule has 2 aromatic rings. The van der Waals surface area contributed by atoms with Crippen LogP contribution in [-0.2, 0) is 0 Å². The van der Waals surface area contributed by atoms with Gasteiger partial charge >= 0.3 is 6.03 Å². The molecule has 2 rings (SSSR count). The molecule has 0 saturated heterocycles. The molecule has 96 valence electrons. The van der Waals surface area contributed by atoms with E-state index in [-0.39, 0.29) is 0 Å². The molecule has 0 aliphatic rings. The van der Waals surface area contributed by atoms with Crippen molar-refractivity contribution in [3.05, 3.63) is 42.0 Å². The number of nitrogens with one attached hydrogen (secondary N) is 2. The van der Waals surface area contributed by atoms with Crippen LogP contribution < -0.4 is 16.4 Å². The van der Waals surface area contributed by atoms with Crippen molar-refractivity contribution in [3.63, 3.8) is 0 Å². The van der Waals surface area contributed by atoms with Crippen LogP contribution in [0.4, 0.5) is 10.5 Å². The highest BCUT2D eigenvalue weighted by molar-refractivity contribution is 5.97. The van der Waals surface area contributed by atoms with Crippen LogP contribution in [0.2, 0.25) is 0 Å². The molecule has 0 spiro atoms. The van der Waals surface area contributed by atoms with Crippen LogP contribution >= 0.6 is 0 Å². The summed E-state index contributed by atoms with van der Waals surface area (Å²) in [6.07, 6.45) is 0. The summed E-state index contributed by atoms with van der Waals surface area (Å²) in [5.41, 5.74) is 6.57. The number of rotatable bonds is 4. The Kier molecular flexibility index (Phi) is 3.84. The van der Waals surface area contributed by atoms with Gasteiger partial charge in [0.2, 0.25) is 0 Å². The largest absolute Gasteiger partial charge is 0.383 e. The zero-order chi connectivity index (χ0) is 13.7. The Labute approximate surface area is 111 Å². The van der Waals surface area contributed by atoms with Crippen LogP contribution in [-0.4, -0.2) is 19.1 Å². The normalized spacial score (nSPS) is 9.84. The number of carbonyl (C=O) groups is 1. The number of nitriles is 1. The van der Waals surface area contributed by atoms with Gasteiger partial charge in [-0.25, -0.2) is 4.79 Å². The third-order valence-electron chi connectivity index (χ3n) is 2.78. The Morgan fingerprint density at radius 2 is 1.89 bits per heavy atom. The van der Waals surface area contributed by atoms with E-state index < -0.39 is 6.03 Å². The van der Waals surface area contributed by atoms with E-state index in [4.69, 9.17) is 11.0 Å². The quantitative estimate of drug-likeness (QED) is 0.726. The number of amides is 2. The lowest BCUT2D eigenvalue weighted by Crippen LogP contribution is -2.33. The standard InChI is InChI=1S/C14H14N4O/c15-9-10-5-6-13(17-7-8-18-14(16)19)12-4-2-1-3-11(10)12/h1-6,17H,7-8H2,(H3,16,18,19). The molecule has 19 heavy (non-hydrogen) atoms. The molecule has 0 unspecified atom stereocenters. The maximum absolute atomic E-state index is 10.6. The van der Waals surface area contributed by atoms with E-state index >= 15 is 0 Å². The van der Waals surface area contributed by atoms with Crippen molar-refractivity contribution in [2.45, 2.75) is 0 Å². The predicted octanol–water partition coefficient (Wildman–Crippen LogP) is 1.79. The number of hydrogen-bond donors (Lipinski definition) is 3. The third kappa shape index (κ3) is 2.93. The van der Waals surface area contributed by atoms with E-state index in [0.717, 1.165) is 16.5 Å². The summed E-state index contributed by atoms with van der Waals surface area (Å²) in [5.74, 6) is 0. The van der Waals surface area contributed by atoms with Gasteiger partial charge in [-0.1, -0.05) is 24.3 Å². The van der Waals surface area contributed by atoms with Crippen molar-refractivity contribution < 1.29 is 4.79 Å². The van der Waals surface area contributed by atoms with Gasteiger partial charge in [-0.15, -0.1) is 0 Å². The molecule has 2 aromatic carbocycles. The molecule has 0 saturated carbocycles. The summed E-state index contributed by atoms with van der Waals surface area (Å²) in [6.45, 7) is 1.02. The minimum absolute atomic E-state index is 0.448. The van der Waals surface area contributed by atoms with Crippen molar-refractivity contribution >= 4 is 22.5 Å². The van der Waals surface area contributed by atoms with Gasteiger partial charge in [0, 0.05) is 29.5 Å². The van der Waals surface area contributed by atoms with E-state index in [9.17, 15) is 4.79 Å². The van der Waals surface area contributed by atoms with Crippen LogP contribution in [0.5, 0.6) is 0 Å². The number of carbonyl (C=O) groups excluding carboxylic acids is 1. The molecule has 2 amide bonds. The average molecular weight is 254 g/mol. The van der Waals surface area contributed by atoms with Gasteiger partial charge in [0.15, 0.2) is 0 Å². The number of hydrogen-bond acceptors (Lipinski definition) is 3. The van der Waals surface area contributed by atoms with E-state index in [2.05, 4.69) is 16.7 Å². The summed E-state index contributed by atoms with van der Waals surface area (Å²) in [4.78, 5) is 10.6. The molecule has 0 aromatic heterocycles. The number of urea groups is 1. The lowest BCUT2D eigenvalue weighted by molar-refractivity contribution is 0.249. The van der Waals surface area contributed by atoms with Crippen LogP contribution in [0.15, 0.2) is 36.4 Å². The van der Waals surface area contributed by atoms with Crippen LogP contribution in [0.3, 0.4) is 0 Å². The summed E-state index contributed by atoms with van der Waals surface area (Å²) >= 11 is 0. The topological polar surface area (TPSA) is 90.9 Å². The van der Waals surface area contributed by atoms with Crippen molar-refractivity contribution in [3.8, 4) is 6.07 Å². The van der Waals surface area contributed by atoms with Crippen molar-refractivity contribution in [2.75, 3.05) is 18.4 Å². The number of nitrogens with zero attached hydrogens (tertiary/aromatic N) is 1. The highest BCUT2D eigenvalue weighted by atomic mass is 16.2. The molecule has 0 radical (unpaired) electrons. The lowest BCUT2D eigenvalue weighted by Gasteiger charge is -2.10. The number of benzene rings is 2. The van der Waals surface area contributed by atoms with Gasteiger partial charge in [-0.3, -0.25) is 0 Å². The monoisotopic (exact) mass is 254 g/mol. The molecule has 5 nitrogen and oxygen atoms in total. The molecular weight excluding hydrogens is 240 g/mol. The summed E-state index contributed by atoms with van der Waals surface area (Å²) < 4.78 is 0. The first-order valence-corrected chi connectivity index (χ1v) is 5.91. The van der Waals surface area contributed by atoms with Crippen LogP contribution in [0, 0.1) is 11.3 Å². The number of primary amides is 1. The first-order valence-electron chi connectivity index (χ1n) is 5.91. The van der Waals surface area contributed by atoms with Gasteiger partial charge in [-0.05, 0) is 12.1 Å².